The van der Waals surface area contributed by atoms with Crippen molar-refractivity contribution >= 4 is 34.2 Å². The fraction of sp³-hybridized carbons (Fsp3) is 0.312. The number of carbonyl (C=O) groups is 1. The van der Waals surface area contributed by atoms with Gasteiger partial charge in [-0.1, -0.05) is 22.9 Å². The molecule has 1 unspecified atom stereocenters. The molecule has 23 heavy (non-hydrogen) atoms. The lowest BCUT2D eigenvalue weighted by molar-refractivity contribution is 0.0916. The van der Waals surface area contributed by atoms with Crippen molar-refractivity contribution < 1.29 is 13.9 Å². The van der Waals surface area contributed by atoms with Gasteiger partial charge in [0.15, 0.2) is 5.76 Å². The maximum atomic E-state index is 11.9. The van der Waals surface area contributed by atoms with E-state index in [9.17, 15) is 4.79 Å². The molecule has 1 aromatic heterocycles. The summed E-state index contributed by atoms with van der Waals surface area (Å²) in [5, 5.41) is 2.78. The van der Waals surface area contributed by atoms with Crippen LogP contribution >= 0.6 is 28.3 Å². The van der Waals surface area contributed by atoms with Crippen molar-refractivity contribution in [3.8, 4) is 5.75 Å². The van der Waals surface area contributed by atoms with Gasteiger partial charge in [0.2, 0.25) is 0 Å². The molecule has 2 aromatic rings. The number of nitrogens with two attached hydrogens (primary N) is 1. The number of amides is 1. The van der Waals surface area contributed by atoms with Crippen LogP contribution in [0.25, 0.3) is 0 Å². The Labute approximate surface area is 150 Å². The third-order valence-corrected chi connectivity index (χ3v) is 3.62. The van der Waals surface area contributed by atoms with E-state index in [1.54, 1.807) is 12.1 Å². The summed E-state index contributed by atoms with van der Waals surface area (Å²) >= 11 is 3.36. The standard InChI is InChI=1S/C16H19BrN2O3.ClH/c1-11(8-18)9-19-16(20)15-7-6-14(22-15)10-21-13-4-2-12(17)3-5-13;/h2-7,11H,8-10,18H2,1H3,(H,19,20);1H. The van der Waals surface area contributed by atoms with Crippen molar-refractivity contribution in [3.63, 3.8) is 0 Å². The van der Waals surface area contributed by atoms with Crippen LogP contribution in [-0.4, -0.2) is 19.0 Å². The fourth-order valence-corrected chi connectivity index (χ4v) is 1.96. The number of hydrogen-bond acceptors (Lipinski definition) is 4. The minimum absolute atomic E-state index is 0. The number of benzene rings is 1. The van der Waals surface area contributed by atoms with Crippen molar-refractivity contribution in [2.75, 3.05) is 13.1 Å². The first kappa shape index (κ1) is 19.5. The van der Waals surface area contributed by atoms with Crippen LogP contribution in [0, 0.1) is 5.92 Å². The molecule has 3 N–H and O–H groups in total. The molecule has 7 heteroatoms. The molecule has 126 valence electrons. The van der Waals surface area contributed by atoms with Crippen molar-refractivity contribution in [1.29, 1.82) is 0 Å². The molecule has 2 rings (SSSR count). The summed E-state index contributed by atoms with van der Waals surface area (Å²) < 4.78 is 12.1. The first-order valence-electron chi connectivity index (χ1n) is 7.04. The van der Waals surface area contributed by atoms with Gasteiger partial charge in [0, 0.05) is 11.0 Å². The van der Waals surface area contributed by atoms with Gasteiger partial charge in [0.05, 0.1) is 0 Å². The van der Waals surface area contributed by atoms with Crippen molar-refractivity contribution in [2.24, 2.45) is 11.7 Å². The molecule has 1 atom stereocenters. The Kier molecular flexibility index (Phi) is 8.16. The van der Waals surface area contributed by atoms with Gasteiger partial charge in [-0.2, -0.15) is 0 Å². The van der Waals surface area contributed by atoms with Gasteiger partial charge < -0.3 is 20.2 Å². The predicted molar refractivity (Wildman–Crippen MR) is 95.0 cm³/mol. The van der Waals surface area contributed by atoms with Gasteiger partial charge in [-0.3, -0.25) is 4.79 Å². The molecule has 0 aliphatic carbocycles. The summed E-state index contributed by atoms with van der Waals surface area (Å²) in [5.41, 5.74) is 5.51. The van der Waals surface area contributed by atoms with Gasteiger partial charge in [-0.15, -0.1) is 12.4 Å². The highest BCUT2D eigenvalue weighted by Gasteiger charge is 2.12. The van der Waals surface area contributed by atoms with Crippen LogP contribution in [0.5, 0.6) is 5.75 Å². The van der Waals surface area contributed by atoms with Gasteiger partial charge in [0.25, 0.3) is 5.91 Å². The smallest absolute Gasteiger partial charge is 0.287 e. The number of nitrogens with one attached hydrogen (secondary N) is 1. The second kappa shape index (κ2) is 9.60. The third kappa shape index (κ3) is 6.25. The van der Waals surface area contributed by atoms with E-state index in [1.807, 2.05) is 31.2 Å². The summed E-state index contributed by atoms with van der Waals surface area (Å²) in [5.74, 6) is 1.61. The van der Waals surface area contributed by atoms with E-state index in [-0.39, 0.29) is 36.6 Å². The summed E-state index contributed by atoms with van der Waals surface area (Å²) in [6.45, 7) is 3.31. The molecule has 0 fully saturated rings. The van der Waals surface area contributed by atoms with Gasteiger partial charge in [0.1, 0.15) is 18.1 Å². The predicted octanol–water partition coefficient (Wildman–Crippen LogP) is 3.37. The number of halogens is 2. The lowest BCUT2D eigenvalue weighted by Crippen LogP contribution is -2.31. The van der Waals surface area contributed by atoms with Crippen LogP contribution in [0.3, 0.4) is 0 Å². The molecule has 0 aliphatic rings. The molecular formula is C16H20BrClN2O3. The van der Waals surface area contributed by atoms with E-state index in [1.165, 1.54) is 0 Å². The molecule has 0 aliphatic heterocycles. The molecule has 1 aromatic carbocycles. The van der Waals surface area contributed by atoms with Crippen molar-refractivity contribution in [3.05, 3.63) is 52.4 Å². The van der Waals surface area contributed by atoms with Gasteiger partial charge in [-0.25, -0.2) is 0 Å². The number of ether oxygens (including phenoxy) is 1. The summed E-state index contributed by atoms with van der Waals surface area (Å²) in [6.07, 6.45) is 0. The first-order chi connectivity index (χ1) is 10.6. The molecule has 0 saturated carbocycles. The zero-order valence-electron chi connectivity index (χ0n) is 12.8. The number of rotatable bonds is 7. The SMILES string of the molecule is CC(CN)CNC(=O)c1ccc(COc2ccc(Br)cc2)o1.Cl. The topological polar surface area (TPSA) is 77.5 Å². The van der Waals surface area contributed by atoms with E-state index in [0.29, 0.717) is 18.8 Å². The molecule has 0 radical (unpaired) electrons. The lowest BCUT2D eigenvalue weighted by Gasteiger charge is -2.08. The van der Waals surface area contributed by atoms with Crippen LogP contribution in [0.1, 0.15) is 23.2 Å². The Bertz CT molecular complexity index is 616. The van der Waals surface area contributed by atoms with E-state index in [2.05, 4.69) is 21.2 Å². The summed E-state index contributed by atoms with van der Waals surface area (Å²) in [4.78, 5) is 11.9. The number of carbonyl (C=O) groups excluding carboxylic acids is 1. The molecule has 0 bridgehead atoms. The second-order valence-electron chi connectivity index (χ2n) is 5.06. The summed E-state index contributed by atoms with van der Waals surface area (Å²) in [7, 11) is 0. The Hall–Kier alpha value is -1.50. The molecular weight excluding hydrogens is 384 g/mol. The lowest BCUT2D eigenvalue weighted by atomic mass is 10.2. The highest BCUT2D eigenvalue weighted by molar-refractivity contribution is 9.10. The monoisotopic (exact) mass is 402 g/mol. The Balaban J connectivity index is 0.00000264. The molecule has 0 saturated heterocycles. The quantitative estimate of drug-likeness (QED) is 0.743. The Morgan fingerprint density at radius 2 is 2.00 bits per heavy atom. The van der Waals surface area contributed by atoms with Crippen LogP contribution in [0.2, 0.25) is 0 Å². The number of furan rings is 1. The molecule has 1 amide bonds. The van der Waals surface area contributed by atoms with E-state index in [4.69, 9.17) is 14.9 Å². The number of hydrogen-bond donors (Lipinski definition) is 2. The normalized spacial score (nSPS) is 11.4. The summed E-state index contributed by atoms with van der Waals surface area (Å²) in [6, 6.07) is 10.9. The highest BCUT2D eigenvalue weighted by atomic mass is 79.9. The highest BCUT2D eigenvalue weighted by Crippen LogP contribution is 2.18. The van der Waals surface area contributed by atoms with Gasteiger partial charge >= 0.3 is 0 Å². The Morgan fingerprint density at radius 3 is 2.65 bits per heavy atom. The van der Waals surface area contributed by atoms with Crippen LogP contribution in [0.4, 0.5) is 0 Å². The average molecular weight is 404 g/mol. The zero-order chi connectivity index (χ0) is 15.9. The Morgan fingerprint density at radius 1 is 1.30 bits per heavy atom. The molecule has 0 spiro atoms. The van der Waals surface area contributed by atoms with E-state index < -0.39 is 0 Å². The average Bonchev–Trinajstić information content (AvgIpc) is 3.00. The van der Waals surface area contributed by atoms with Crippen LogP contribution in [0.15, 0.2) is 45.3 Å². The minimum atomic E-state index is -0.241. The zero-order valence-corrected chi connectivity index (χ0v) is 15.2. The maximum Gasteiger partial charge on any atom is 0.287 e. The van der Waals surface area contributed by atoms with Crippen LogP contribution < -0.4 is 15.8 Å². The largest absolute Gasteiger partial charge is 0.486 e. The minimum Gasteiger partial charge on any atom is -0.486 e. The van der Waals surface area contributed by atoms with Crippen molar-refractivity contribution in [2.45, 2.75) is 13.5 Å². The maximum absolute atomic E-state index is 11.9. The van der Waals surface area contributed by atoms with E-state index >= 15 is 0 Å². The second-order valence-corrected chi connectivity index (χ2v) is 5.98. The third-order valence-electron chi connectivity index (χ3n) is 3.09. The molecule has 1 heterocycles. The van der Waals surface area contributed by atoms with Crippen molar-refractivity contribution in [1.82, 2.24) is 5.32 Å². The fourth-order valence-electron chi connectivity index (χ4n) is 1.70. The first-order valence-corrected chi connectivity index (χ1v) is 7.83. The van der Waals surface area contributed by atoms with Gasteiger partial charge in [-0.05, 0) is 48.9 Å². The molecule has 5 nitrogen and oxygen atoms in total. The van der Waals surface area contributed by atoms with Crippen LogP contribution in [-0.2, 0) is 6.61 Å². The van der Waals surface area contributed by atoms with E-state index in [0.717, 1.165) is 10.2 Å².